The zero-order valence-electron chi connectivity index (χ0n) is 7.76. The second-order valence-electron chi connectivity index (χ2n) is 4.36. The number of allylic oxidation sites excluding steroid dienone is 1. The lowest BCUT2D eigenvalue weighted by Crippen LogP contribution is -2.46. The Morgan fingerprint density at radius 1 is 1.46 bits per heavy atom. The van der Waals surface area contributed by atoms with E-state index >= 15 is 0 Å². The number of hydrogen-bond acceptors (Lipinski definition) is 1. The molecule has 0 N–H and O–H groups in total. The first kappa shape index (κ1) is 9.45. The molecule has 0 aromatic heterocycles. The third-order valence-corrected chi connectivity index (χ3v) is 4.09. The highest BCUT2D eigenvalue weighted by Crippen LogP contribution is 2.56. The smallest absolute Gasteiger partial charge is 0.137 e. The molecule has 0 aliphatic heterocycles. The first-order valence-electron chi connectivity index (χ1n) is 5.06. The Hall–Kier alpha value is -0.110. The maximum absolute atomic E-state index is 11.4. The van der Waals surface area contributed by atoms with E-state index in [2.05, 4.69) is 22.0 Å². The van der Waals surface area contributed by atoms with Crippen LogP contribution in [0.1, 0.15) is 38.5 Å². The standard InChI is InChI=1S/C11H15BrO/c12-7-3-4-9-10(13)8-11(9)5-1-2-6-11/h3,7,9H,1-2,4-6,8H2/b7-3+. The fourth-order valence-corrected chi connectivity index (χ4v) is 3.19. The molecular formula is C11H15BrO. The molecule has 0 bridgehead atoms. The lowest BCUT2D eigenvalue weighted by Gasteiger charge is -2.45. The number of carbonyl (C=O) groups is 1. The molecule has 2 aliphatic rings. The van der Waals surface area contributed by atoms with Crippen LogP contribution in [-0.4, -0.2) is 5.78 Å². The number of hydrogen-bond donors (Lipinski definition) is 0. The zero-order valence-corrected chi connectivity index (χ0v) is 9.35. The molecule has 72 valence electrons. The molecule has 1 spiro atoms. The Morgan fingerprint density at radius 3 is 2.69 bits per heavy atom. The molecule has 1 unspecified atom stereocenters. The van der Waals surface area contributed by atoms with Crippen LogP contribution in [0.2, 0.25) is 0 Å². The maximum Gasteiger partial charge on any atom is 0.137 e. The van der Waals surface area contributed by atoms with Gasteiger partial charge >= 0.3 is 0 Å². The van der Waals surface area contributed by atoms with Crippen LogP contribution in [0.3, 0.4) is 0 Å². The van der Waals surface area contributed by atoms with Crippen molar-refractivity contribution in [2.24, 2.45) is 11.3 Å². The summed E-state index contributed by atoms with van der Waals surface area (Å²) in [4.78, 5) is 13.3. The Balaban J connectivity index is 2.02. The SMILES string of the molecule is O=C1CC2(CCCC2)C1C/C=C/Br. The molecular weight excluding hydrogens is 228 g/mol. The fourth-order valence-electron chi connectivity index (χ4n) is 2.98. The van der Waals surface area contributed by atoms with Gasteiger partial charge in [0.15, 0.2) is 0 Å². The van der Waals surface area contributed by atoms with Gasteiger partial charge in [-0.05, 0) is 29.7 Å². The summed E-state index contributed by atoms with van der Waals surface area (Å²) in [7, 11) is 0. The maximum atomic E-state index is 11.4. The molecule has 0 aromatic carbocycles. The van der Waals surface area contributed by atoms with Crippen LogP contribution in [0.15, 0.2) is 11.1 Å². The van der Waals surface area contributed by atoms with Crippen molar-refractivity contribution in [2.75, 3.05) is 0 Å². The zero-order chi connectivity index (χ0) is 9.31. The molecule has 1 nitrogen and oxygen atoms in total. The van der Waals surface area contributed by atoms with Gasteiger partial charge in [-0.2, -0.15) is 0 Å². The summed E-state index contributed by atoms with van der Waals surface area (Å²) in [5, 5.41) is 0. The van der Waals surface area contributed by atoms with Gasteiger partial charge in [0, 0.05) is 12.3 Å². The van der Waals surface area contributed by atoms with Crippen LogP contribution in [0, 0.1) is 11.3 Å². The van der Waals surface area contributed by atoms with Crippen molar-refractivity contribution in [1.82, 2.24) is 0 Å². The summed E-state index contributed by atoms with van der Waals surface area (Å²) in [5.41, 5.74) is 0.434. The van der Waals surface area contributed by atoms with Crippen molar-refractivity contribution in [3.05, 3.63) is 11.1 Å². The molecule has 2 fully saturated rings. The summed E-state index contributed by atoms with van der Waals surface area (Å²) >= 11 is 3.26. The largest absolute Gasteiger partial charge is 0.299 e. The first-order valence-corrected chi connectivity index (χ1v) is 5.98. The van der Waals surface area contributed by atoms with E-state index in [4.69, 9.17) is 0 Å². The van der Waals surface area contributed by atoms with Gasteiger partial charge in [-0.3, -0.25) is 4.79 Å². The van der Waals surface area contributed by atoms with Gasteiger partial charge in [0.25, 0.3) is 0 Å². The van der Waals surface area contributed by atoms with Crippen LogP contribution in [0.5, 0.6) is 0 Å². The Bertz CT molecular complexity index is 238. The molecule has 2 heteroatoms. The van der Waals surface area contributed by atoms with E-state index in [0.29, 0.717) is 17.1 Å². The summed E-state index contributed by atoms with van der Waals surface area (Å²) in [6, 6.07) is 0. The molecule has 0 amide bonds. The van der Waals surface area contributed by atoms with E-state index in [9.17, 15) is 4.79 Å². The second-order valence-corrected chi connectivity index (χ2v) is 4.89. The van der Waals surface area contributed by atoms with E-state index < -0.39 is 0 Å². The highest BCUT2D eigenvalue weighted by molar-refractivity contribution is 9.11. The second kappa shape index (κ2) is 3.56. The van der Waals surface area contributed by atoms with Gasteiger partial charge in [0.2, 0.25) is 0 Å². The molecule has 0 radical (unpaired) electrons. The highest BCUT2D eigenvalue weighted by atomic mass is 79.9. The Morgan fingerprint density at radius 2 is 2.15 bits per heavy atom. The summed E-state index contributed by atoms with van der Waals surface area (Å²) < 4.78 is 0. The normalized spacial score (nSPS) is 31.5. The van der Waals surface area contributed by atoms with E-state index in [1.807, 2.05) is 4.99 Å². The molecule has 13 heavy (non-hydrogen) atoms. The molecule has 2 rings (SSSR count). The molecule has 1 atom stereocenters. The van der Waals surface area contributed by atoms with Crippen LogP contribution in [-0.2, 0) is 4.79 Å². The molecule has 0 heterocycles. The molecule has 2 aliphatic carbocycles. The molecule has 0 saturated heterocycles. The minimum Gasteiger partial charge on any atom is -0.299 e. The number of rotatable bonds is 2. The average molecular weight is 243 g/mol. The van der Waals surface area contributed by atoms with Crippen molar-refractivity contribution < 1.29 is 4.79 Å². The molecule has 2 saturated carbocycles. The number of ketones is 1. The lowest BCUT2D eigenvalue weighted by molar-refractivity contribution is -0.142. The third kappa shape index (κ3) is 1.50. The van der Waals surface area contributed by atoms with Crippen LogP contribution in [0.4, 0.5) is 0 Å². The quantitative estimate of drug-likeness (QED) is 0.726. The van der Waals surface area contributed by atoms with Gasteiger partial charge < -0.3 is 0 Å². The van der Waals surface area contributed by atoms with Gasteiger partial charge in [0.1, 0.15) is 5.78 Å². The monoisotopic (exact) mass is 242 g/mol. The van der Waals surface area contributed by atoms with Crippen molar-refractivity contribution in [2.45, 2.75) is 38.5 Å². The van der Waals surface area contributed by atoms with Gasteiger partial charge in [0.05, 0.1) is 0 Å². The van der Waals surface area contributed by atoms with Crippen molar-refractivity contribution >= 4 is 21.7 Å². The van der Waals surface area contributed by atoms with E-state index in [1.165, 1.54) is 25.7 Å². The predicted octanol–water partition coefficient (Wildman–Crippen LogP) is 3.43. The third-order valence-electron chi connectivity index (χ3n) is 3.71. The Kier molecular flexibility index (Phi) is 2.59. The molecule has 0 aromatic rings. The Labute approximate surface area is 87.7 Å². The van der Waals surface area contributed by atoms with E-state index in [0.717, 1.165) is 12.8 Å². The number of carbonyl (C=O) groups excluding carboxylic acids is 1. The minimum atomic E-state index is 0.351. The van der Waals surface area contributed by atoms with Crippen LogP contribution in [0.25, 0.3) is 0 Å². The number of Topliss-reactive ketones (excluding diaryl/α,β-unsaturated/α-hetero) is 1. The van der Waals surface area contributed by atoms with Gasteiger partial charge in [-0.15, -0.1) is 0 Å². The van der Waals surface area contributed by atoms with Gasteiger partial charge in [-0.25, -0.2) is 0 Å². The van der Waals surface area contributed by atoms with Crippen LogP contribution >= 0.6 is 15.9 Å². The average Bonchev–Trinajstić information content (AvgIpc) is 2.55. The van der Waals surface area contributed by atoms with Crippen molar-refractivity contribution in [1.29, 1.82) is 0 Å². The lowest BCUT2D eigenvalue weighted by atomic mass is 9.57. The highest BCUT2D eigenvalue weighted by Gasteiger charge is 2.53. The van der Waals surface area contributed by atoms with Crippen LogP contribution < -0.4 is 0 Å². The van der Waals surface area contributed by atoms with Crippen molar-refractivity contribution in [3.8, 4) is 0 Å². The minimum absolute atomic E-state index is 0.351. The topological polar surface area (TPSA) is 17.1 Å². The van der Waals surface area contributed by atoms with E-state index in [-0.39, 0.29) is 0 Å². The summed E-state index contributed by atoms with van der Waals surface area (Å²) in [5.74, 6) is 0.844. The summed E-state index contributed by atoms with van der Waals surface area (Å²) in [6.45, 7) is 0. The summed E-state index contributed by atoms with van der Waals surface area (Å²) in [6.07, 6.45) is 9.14. The van der Waals surface area contributed by atoms with E-state index in [1.54, 1.807) is 0 Å². The predicted molar refractivity (Wildman–Crippen MR) is 56.7 cm³/mol. The van der Waals surface area contributed by atoms with Gasteiger partial charge in [-0.1, -0.05) is 34.8 Å². The van der Waals surface area contributed by atoms with Crippen molar-refractivity contribution in [3.63, 3.8) is 0 Å². The first-order chi connectivity index (χ1) is 6.28. The fraction of sp³-hybridized carbons (Fsp3) is 0.727. The number of halogens is 1.